The summed E-state index contributed by atoms with van der Waals surface area (Å²) in [5, 5.41) is 12.1. The highest BCUT2D eigenvalue weighted by atomic mass is 16.5. The molecule has 1 atom stereocenters. The first-order chi connectivity index (χ1) is 13.8. The molecule has 2 aliphatic carbocycles. The molecule has 154 valence electrons. The normalized spacial score (nSPS) is 22.0. The van der Waals surface area contributed by atoms with Crippen molar-refractivity contribution in [3.05, 3.63) is 28.6 Å². The molecule has 0 spiro atoms. The average molecular weight is 389 g/mol. The lowest BCUT2D eigenvalue weighted by Crippen LogP contribution is -2.49. The maximum Gasteiger partial charge on any atom is 0.253 e. The van der Waals surface area contributed by atoms with E-state index in [1.54, 1.807) is 0 Å². The van der Waals surface area contributed by atoms with Crippen molar-refractivity contribution in [1.82, 2.24) is 20.7 Å². The van der Waals surface area contributed by atoms with Crippen molar-refractivity contribution in [2.24, 2.45) is 0 Å². The van der Waals surface area contributed by atoms with Crippen LogP contribution in [0.1, 0.15) is 54.6 Å². The smallest absolute Gasteiger partial charge is 0.253 e. The molecule has 1 aromatic heterocycles. The summed E-state index contributed by atoms with van der Waals surface area (Å²) in [6.45, 7) is 3.16. The summed E-state index contributed by atoms with van der Waals surface area (Å²) >= 11 is 0. The maximum absolute atomic E-state index is 13.1. The lowest BCUT2D eigenvalue weighted by atomic mass is 9.90. The number of ether oxygens (including phenoxy) is 1. The Balaban J connectivity index is 1.53. The average Bonchev–Trinajstić information content (AvgIpc) is 3.57. The molecule has 1 saturated carbocycles. The van der Waals surface area contributed by atoms with Gasteiger partial charge in [0.25, 0.3) is 5.91 Å². The molecule has 0 radical (unpaired) electrons. The molecule has 0 aromatic carbocycles. The van der Waals surface area contributed by atoms with Gasteiger partial charge < -0.3 is 20.2 Å². The molecule has 2 fully saturated rings. The van der Waals surface area contributed by atoms with Crippen molar-refractivity contribution in [3.63, 3.8) is 0 Å². The SMILES string of the molecule is O=C([C@H]1CNCCO1)N(Cc1cc(CCCNO)c2c(n1)CCCC2)C1CC1. The van der Waals surface area contributed by atoms with E-state index in [9.17, 15) is 4.79 Å². The lowest BCUT2D eigenvalue weighted by molar-refractivity contribution is -0.146. The van der Waals surface area contributed by atoms with Gasteiger partial charge in [0.05, 0.1) is 18.8 Å². The van der Waals surface area contributed by atoms with Crippen LogP contribution in [0.2, 0.25) is 0 Å². The van der Waals surface area contributed by atoms with Crippen molar-refractivity contribution in [3.8, 4) is 0 Å². The molecule has 3 N–H and O–H groups in total. The minimum atomic E-state index is -0.373. The molecule has 1 saturated heterocycles. The van der Waals surface area contributed by atoms with Crippen LogP contribution in [-0.2, 0) is 35.3 Å². The van der Waals surface area contributed by atoms with Crippen LogP contribution in [0.5, 0.6) is 0 Å². The summed E-state index contributed by atoms with van der Waals surface area (Å²) in [4.78, 5) is 20.0. The summed E-state index contributed by atoms with van der Waals surface area (Å²) < 4.78 is 5.71. The third kappa shape index (κ3) is 4.71. The van der Waals surface area contributed by atoms with E-state index in [4.69, 9.17) is 14.9 Å². The Morgan fingerprint density at radius 1 is 1.36 bits per heavy atom. The predicted octanol–water partition coefficient (Wildman–Crippen LogP) is 1.35. The van der Waals surface area contributed by atoms with Crippen LogP contribution in [0.15, 0.2) is 6.07 Å². The standard InChI is InChI=1S/C21H32N4O3/c26-21(20-13-22-10-11-28-20)25(17-7-8-17)14-16-12-15(4-3-9-23-27)18-5-1-2-6-19(18)24-16/h12,17,20,22-23,27H,1-11,13-14H2/t20-/m1/s1. The third-order valence-corrected chi connectivity index (χ3v) is 5.99. The summed E-state index contributed by atoms with van der Waals surface area (Å²) in [5.41, 5.74) is 7.21. The van der Waals surface area contributed by atoms with Gasteiger partial charge in [-0.2, -0.15) is 0 Å². The number of amides is 1. The molecule has 2 heterocycles. The summed E-state index contributed by atoms with van der Waals surface area (Å²) in [5.74, 6) is 0.0975. The van der Waals surface area contributed by atoms with E-state index in [-0.39, 0.29) is 12.0 Å². The van der Waals surface area contributed by atoms with E-state index in [0.717, 1.165) is 50.8 Å². The van der Waals surface area contributed by atoms with Crippen LogP contribution in [0.3, 0.4) is 0 Å². The number of morpholine rings is 1. The first-order valence-electron chi connectivity index (χ1n) is 10.8. The molecule has 4 rings (SSSR count). The van der Waals surface area contributed by atoms with Crippen LogP contribution in [0.25, 0.3) is 0 Å². The van der Waals surface area contributed by atoms with Gasteiger partial charge in [0.1, 0.15) is 6.10 Å². The van der Waals surface area contributed by atoms with Gasteiger partial charge >= 0.3 is 0 Å². The topological polar surface area (TPSA) is 86.7 Å². The molecular weight excluding hydrogens is 356 g/mol. The Bertz CT molecular complexity index is 686. The van der Waals surface area contributed by atoms with Gasteiger partial charge in [0.2, 0.25) is 0 Å². The number of aryl methyl sites for hydroxylation is 2. The number of hydrogen-bond acceptors (Lipinski definition) is 6. The Morgan fingerprint density at radius 3 is 2.96 bits per heavy atom. The van der Waals surface area contributed by atoms with Crippen LogP contribution >= 0.6 is 0 Å². The molecule has 1 amide bonds. The molecule has 3 aliphatic rings. The van der Waals surface area contributed by atoms with Gasteiger partial charge in [-0.3, -0.25) is 9.78 Å². The number of nitrogens with one attached hydrogen (secondary N) is 2. The molecule has 1 aliphatic heterocycles. The van der Waals surface area contributed by atoms with Gasteiger partial charge in [-0.25, -0.2) is 5.48 Å². The fraction of sp³-hybridized carbons (Fsp3) is 0.714. The highest BCUT2D eigenvalue weighted by Gasteiger charge is 2.37. The molecule has 7 nitrogen and oxygen atoms in total. The minimum absolute atomic E-state index is 0.0975. The summed E-state index contributed by atoms with van der Waals surface area (Å²) in [6.07, 6.45) is 8.13. The zero-order valence-corrected chi connectivity index (χ0v) is 16.6. The highest BCUT2D eigenvalue weighted by molar-refractivity contribution is 5.82. The van der Waals surface area contributed by atoms with Gasteiger partial charge in [-0.05, 0) is 68.6 Å². The van der Waals surface area contributed by atoms with Crippen molar-refractivity contribution in [1.29, 1.82) is 0 Å². The van der Waals surface area contributed by atoms with Crippen LogP contribution in [-0.4, -0.2) is 59.4 Å². The van der Waals surface area contributed by atoms with Crippen molar-refractivity contribution >= 4 is 5.91 Å². The Kier molecular flexibility index (Phi) is 6.57. The van der Waals surface area contributed by atoms with Crippen LogP contribution in [0.4, 0.5) is 0 Å². The highest BCUT2D eigenvalue weighted by Crippen LogP contribution is 2.31. The number of fused-ring (bicyclic) bond motifs is 1. The van der Waals surface area contributed by atoms with E-state index in [0.29, 0.717) is 32.3 Å². The van der Waals surface area contributed by atoms with E-state index < -0.39 is 0 Å². The van der Waals surface area contributed by atoms with Crippen LogP contribution < -0.4 is 10.8 Å². The van der Waals surface area contributed by atoms with Gasteiger partial charge in [-0.15, -0.1) is 0 Å². The van der Waals surface area contributed by atoms with Crippen molar-refractivity contribution in [2.75, 3.05) is 26.2 Å². The zero-order chi connectivity index (χ0) is 19.3. The van der Waals surface area contributed by atoms with Crippen molar-refractivity contribution < 1.29 is 14.7 Å². The molecule has 7 heteroatoms. The number of rotatable bonds is 8. The number of carbonyl (C=O) groups is 1. The van der Waals surface area contributed by atoms with Gasteiger partial charge in [0.15, 0.2) is 0 Å². The molecule has 28 heavy (non-hydrogen) atoms. The van der Waals surface area contributed by atoms with Gasteiger partial charge in [-0.1, -0.05) is 0 Å². The monoisotopic (exact) mass is 388 g/mol. The summed E-state index contributed by atoms with van der Waals surface area (Å²) in [6, 6.07) is 2.53. The number of nitrogens with zero attached hydrogens (tertiary/aromatic N) is 2. The Morgan fingerprint density at radius 2 is 2.21 bits per heavy atom. The second-order valence-corrected chi connectivity index (χ2v) is 8.18. The quantitative estimate of drug-likeness (QED) is 0.460. The Labute approximate surface area is 166 Å². The molecule has 0 unspecified atom stereocenters. The number of carbonyl (C=O) groups excluding carboxylic acids is 1. The number of hydroxylamine groups is 1. The predicted molar refractivity (Wildman–Crippen MR) is 105 cm³/mol. The van der Waals surface area contributed by atoms with Gasteiger partial charge in [0, 0.05) is 31.4 Å². The summed E-state index contributed by atoms with van der Waals surface area (Å²) in [7, 11) is 0. The first-order valence-corrected chi connectivity index (χ1v) is 10.8. The fourth-order valence-corrected chi connectivity index (χ4v) is 4.37. The largest absolute Gasteiger partial charge is 0.366 e. The third-order valence-electron chi connectivity index (χ3n) is 5.99. The van der Waals surface area contributed by atoms with Crippen LogP contribution in [0, 0.1) is 0 Å². The molecular formula is C21H32N4O3. The van der Waals surface area contributed by atoms with E-state index in [1.165, 1.54) is 29.7 Å². The second kappa shape index (κ2) is 9.31. The van der Waals surface area contributed by atoms with E-state index in [1.807, 2.05) is 4.90 Å². The number of pyridine rings is 1. The fourth-order valence-electron chi connectivity index (χ4n) is 4.37. The first kappa shape index (κ1) is 19.8. The van der Waals surface area contributed by atoms with E-state index >= 15 is 0 Å². The van der Waals surface area contributed by atoms with Crippen molar-refractivity contribution in [2.45, 2.75) is 70.1 Å². The second-order valence-electron chi connectivity index (χ2n) is 8.18. The van der Waals surface area contributed by atoms with E-state index in [2.05, 4.69) is 16.9 Å². The number of aromatic nitrogens is 1. The molecule has 0 bridgehead atoms. The zero-order valence-electron chi connectivity index (χ0n) is 16.6. The lowest BCUT2D eigenvalue weighted by Gasteiger charge is -2.30. The maximum atomic E-state index is 13.1. The minimum Gasteiger partial charge on any atom is -0.366 e. The number of hydrogen-bond donors (Lipinski definition) is 3. The molecule has 1 aromatic rings. The Hall–Kier alpha value is -1.54.